The molecule has 0 aromatic rings. The molecule has 2 aliphatic rings. The summed E-state index contributed by atoms with van der Waals surface area (Å²) in [6.07, 6.45) is 10.7. The van der Waals surface area contributed by atoms with E-state index in [0.717, 1.165) is 12.0 Å². The molecule has 15 heavy (non-hydrogen) atoms. The maximum Gasteiger partial charge on any atom is 0.178 e. The largest absolute Gasteiger partial charge is 0.290 e. The zero-order valence-corrected chi connectivity index (χ0v) is 9.50. The molecule has 0 aromatic carbocycles. The van der Waals surface area contributed by atoms with Crippen molar-refractivity contribution in [2.45, 2.75) is 27.2 Å². The van der Waals surface area contributed by atoms with Crippen LogP contribution < -0.4 is 0 Å². The maximum atomic E-state index is 11.4. The normalized spacial score (nSPS) is 22.9. The molecule has 0 heterocycles. The van der Waals surface area contributed by atoms with E-state index < -0.39 is 0 Å². The molecule has 78 valence electrons. The first kappa shape index (κ1) is 10.2. The minimum Gasteiger partial charge on any atom is -0.290 e. The van der Waals surface area contributed by atoms with Crippen molar-refractivity contribution < 1.29 is 4.79 Å². The van der Waals surface area contributed by atoms with Crippen molar-refractivity contribution in [3.63, 3.8) is 0 Å². The quantitative estimate of drug-likeness (QED) is 0.634. The Morgan fingerprint density at radius 3 is 2.60 bits per heavy atom. The summed E-state index contributed by atoms with van der Waals surface area (Å²) < 4.78 is 0. The molecule has 0 saturated carbocycles. The summed E-state index contributed by atoms with van der Waals surface area (Å²) in [4.78, 5) is 11.4. The van der Waals surface area contributed by atoms with Gasteiger partial charge >= 0.3 is 0 Å². The lowest BCUT2D eigenvalue weighted by molar-refractivity contribution is -0.110. The highest BCUT2D eigenvalue weighted by Gasteiger charge is 2.32. The molecule has 0 atom stereocenters. The highest BCUT2D eigenvalue weighted by Crippen LogP contribution is 2.44. The molecule has 1 heteroatoms. The van der Waals surface area contributed by atoms with E-state index in [1.165, 1.54) is 11.1 Å². The van der Waals surface area contributed by atoms with Crippen molar-refractivity contribution in [3.8, 4) is 0 Å². The van der Waals surface area contributed by atoms with Gasteiger partial charge in [-0.15, -0.1) is 0 Å². The molecular formula is C14H16O. The molecule has 0 unspecified atom stereocenters. The fourth-order valence-electron chi connectivity index (χ4n) is 2.35. The van der Waals surface area contributed by atoms with Crippen molar-refractivity contribution >= 4 is 5.78 Å². The minimum absolute atomic E-state index is 0.000741. The van der Waals surface area contributed by atoms with Gasteiger partial charge in [-0.2, -0.15) is 0 Å². The standard InChI is InChI=1S/C14H16O/c1-4-11-7-5-10-6-8-12(15)9-13(10)14(11,2)3/h5-9H,4H2,1-3H3. The Labute approximate surface area is 90.9 Å². The van der Waals surface area contributed by atoms with Crippen LogP contribution >= 0.6 is 0 Å². The fraction of sp³-hybridized carbons (Fsp3) is 0.357. The highest BCUT2D eigenvalue weighted by molar-refractivity contribution is 6.02. The Hall–Kier alpha value is -1.37. The molecule has 0 aliphatic heterocycles. The van der Waals surface area contributed by atoms with Crippen molar-refractivity contribution in [3.05, 3.63) is 47.1 Å². The predicted molar refractivity (Wildman–Crippen MR) is 62.5 cm³/mol. The molecule has 0 aromatic heterocycles. The lowest BCUT2D eigenvalue weighted by atomic mass is 9.69. The first-order chi connectivity index (χ1) is 7.05. The number of rotatable bonds is 1. The minimum atomic E-state index is -0.000741. The van der Waals surface area contributed by atoms with E-state index in [2.05, 4.69) is 32.9 Å². The molecule has 0 saturated heterocycles. The third-order valence-electron chi connectivity index (χ3n) is 3.35. The number of allylic oxidation sites excluding steroid dienone is 8. The molecule has 0 bridgehead atoms. The van der Waals surface area contributed by atoms with Gasteiger partial charge in [-0.1, -0.05) is 44.6 Å². The van der Waals surface area contributed by atoms with Crippen molar-refractivity contribution in [1.29, 1.82) is 0 Å². The fourth-order valence-corrected chi connectivity index (χ4v) is 2.35. The van der Waals surface area contributed by atoms with Gasteiger partial charge in [-0.3, -0.25) is 4.79 Å². The second-order valence-electron chi connectivity index (χ2n) is 4.59. The average molecular weight is 200 g/mol. The van der Waals surface area contributed by atoms with Crippen LogP contribution in [0, 0.1) is 5.41 Å². The number of carbonyl (C=O) groups is 1. The first-order valence-corrected chi connectivity index (χ1v) is 5.41. The summed E-state index contributed by atoms with van der Waals surface area (Å²) in [7, 11) is 0. The van der Waals surface area contributed by atoms with Crippen LogP contribution in [0.3, 0.4) is 0 Å². The van der Waals surface area contributed by atoms with E-state index in [-0.39, 0.29) is 11.2 Å². The number of hydrogen-bond donors (Lipinski definition) is 0. The van der Waals surface area contributed by atoms with Gasteiger partial charge in [0.1, 0.15) is 0 Å². The number of hydrogen-bond acceptors (Lipinski definition) is 1. The molecule has 0 N–H and O–H groups in total. The summed E-state index contributed by atoms with van der Waals surface area (Å²) in [6, 6.07) is 0. The lowest BCUT2D eigenvalue weighted by Crippen LogP contribution is -2.23. The van der Waals surface area contributed by atoms with Crippen LogP contribution in [-0.2, 0) is 4.79 Å². The van der Waals surface area contributed by atoms with E-state index in [1.54, 1.807) is 12.2 Å². The summed E-state index contributed by atoms with van der Waals surface area (Å²) in [6.45, 7) is 6.54. The topological polar surface area (TPSA) is 17.1 Å². The lowest BCUT2D eigenvalue weighted by Gasteiger charge is -2.35. The van der Waals surface area contributed by atoms with Crippen LogP contribution in [0.15, 0.2) is 47.1 Å². The highest BCUT2D eigenvalue weighted by atomic mass is 16.1. The number of ketones is 1. The number of fused-ring (bicyclic) bond motifs is 1. The molecule has 0 radical (unpaired) electrons. The predicted octanol–water partition coefficient (Wildman–Crippen LogP) is 3.35. The van der Waals surface area contributed by atoms with Crippen molar-refractivity contribution in [1.82, 2.24) is 0 Å². The van der Waals surface area contributed by atoms with Crippen LogP contribution in [0.4, 0.5) is 0 Å². The molecule has 2 aliphatic carbocycles. The second-order valence-corrected chi connectivity index (χ2v) is 4.59. The summed E-state index contributed by atoms with van der Waals surface area (Å²) in [5.74, 6) is 0.104. The van der Waals surface area contributed by atoms with Gasteiger partial charge in [0.2, 0.25) is 0 Å². The van der Waals surface area contributed by atoms with Crippen LogP contribution in [-0.4, -0.2) is 5.78 Å². The van der Waals surface area contributed by atoms with Crippen LogP contribution in [0.1, 0.15) is 27.2 Å². The van der Waals surface area contributed by atoms with Gasteiger partial charge in [0.15, 0.2) is 5.78 Å². The molecule has 2 rings (SSSR count). The zero-order valence-electron chi connectivity index (χ0n) is 9.50. The van der Waals surface area contributed by atoms with Gasteiger partial charge in [-0.05, 0) is 29.7 Å². The summed E-state index contributed by atoms with van der Waals surface area (Å²) in [5, 5.41) is 0. The maximum absolute atomic E-state index is 11.4. The SMILES string of the molecule is CCC1=CC=C2C=CC(=O)C=C2C1(C)C. The summed E-state index contributed by atoms with van der Waals surface area (Å²) in [5.41, 5.74) is 3.73. The van der Waals surface area contributed by atoms with Crippen molar-refractivity contribution in [2.24, 2.45) is 5.41 Å². The molecule has 0 spiro atoms. The Balaban J connectivity index is 2.54. The molecule has 0 amide bonds. The molecule has 1 nitrogen and oxygen atoms in total. The Morgan fingerprint density at radius 2 is 1.93 bits per heavy atom. The van der Waals surface area contributed by atoms with Gasteiger partial charge < -0.3 is 0 Å². The van der Waals surface area contributed by atoms with Gasteiger partial charge in [0.05, 0.1) is 0 Å². The molecule has 0 fully saturated rings. The monoisotopic (exact) mass is 200 g/mol. The molecular weight excluding hydrogens is 184 g/mol. The second kappa shape index (κ2) is 3.34. The van der Waals surface area contributed by atoms with Crippen LogP contribution in [0.25, 0.3) is 0 Å². The Kier molecular flexibility index (Phi) is 2.26. The van der Waals surface area contributed by atoms with E-state index in [1.807, 2.05) is 6.08 Å². The first-order valence-electron chi connectivity index (χ1n) is 5.41. The smallest absolute Gasteiger partial charge is 0.178 e. The third kappa shape index (κ3) is 1.52. The van der Waals surface area contributed by atoms with Crippen LogP contribution in [0.2, 0.25) is 0 Å². The number of carbonyl (C=O) groups excluding carboxylic acids is 1. The average Bonchev–Trinajstić information content (AvgIpc) is 2.19. The van der Waals surface area contributed by atoms with E-state index in [0.29, 0.717) is 0 Å². The Bertz CT molecular complexity index is 428. The van der Waals surface area contributed by atoms with Crippen LogP contribution in [0.5, 0.6) is 0 Å². The van der Waals surface area contributed by atoms with Gasteiger partial charge in [-0.25, -0.2) is 0 Å². The third-order valence-corrected chi connectivity index (χ3v) is 3.35. The Morgan fingerprint density at radius 1 is 1.20 bits per heavy atom. The van der Waals surface area contributed by atoms with E-state index in [9.17, 15) is 4.79 Å². The summed E-state index contributed by atoms with van der Waals surface area (Å²) >= 11 is 0. The van der Waals surface area contributed by atoms with Crippen molar-refractivity contribution in [2.75, 3.05) is 0 Å². The van der Waals surface area contributed by atoms with E-state index in [4.69, 9.17) is 0 Å². The van der Waals surface area contributed by atoms with Gasteiger partial charge in [0.25, 0.3) is 0 Å². The van der Waals surface area contributed by atoms with Gasteiger partial charge in [0, 0.05) is 5.41 Å². The van der Waals surface area contributed by atoms with E-state index >= 15 is 0 Å². The zero-order chi connectivity index (χ0) is 11.1.